The zero-order valence-corrected chi connectivity index (χ0v) is 18.9. The van der Waals surface area contributed by atoms with E-state index >= 15 is 0 Å². The molecule has 0 aromatic rings. The summed E-state index contributed by atoms with van der Waals surface area (Å²) in [7, 11) is 1.46. The summed E-state index contributed by atoms with van der Waals surface area (Å²) in [5.41, 5.74) is 0.271. The highest BCUT2D eigenvalue weighted by atomic mass is 16.5. The van der Waals surface area contributed by atoms with E-state index in [2.05, 4.69) is 20.8 Å². The minimum absolute atomic E-state index is 0.0198. The van der Waals surface area contributed by atoms with Gasteiger partial charge in [0.15, 0.2) is 0 Å². The Bertz CT molecular complexity index is 620. The highest BCUT2D eigenvalue weighted by Gasteiger charge is 2.63. The van der Waals surface area contributed by atoms with Gasteiger partial charge in [0, 0.05) is 6.42 Å². The van der Waals surface area contributed by atoms with Crippen molar-refractivity contribution in [2.24, 2.45) is 46.3 Å². The van der Waals surface area contributed by atoms with E-state index in [-0.39, 0.29) is 23.6 Å². The molecule has 4 heteroatoms. The van der Waals surface area contributed by atoms with Gasteiger partial charge in [0.1, 0.15) is 0 Å². The van der Waals surface area contributed by atoms with Crippen LogP contribution in [0.1, 0.15) is 85.0 Å². The third kappa shape index (κ3) is 3.37. The highest BCUT2D eigenvalue weighted by molar-refractivity contribution is 5.69. The Balaban J connectivity index is 1.53. The average Bonchev–Trinajstić information content (AvgIpc) is 3.06. The van der Waals surface area contributed by atoms with Crippen LogP contribution in [0.4, 0.5) is 0 Å². The van der Waals surface area contributed by atoms with E-state index in [4.69, 9.17) is 4.74 Å². The number of ether oxygens (including phenoxy) is 1. The molecule has 0 aromatic heterocycles. The fourth-order valence-corrected chi connectivity index (χ4v) is 8.81. The lowest BCUT2D eigenvalue weighted by atomic mass is 9.43. The Hall–Kier alpha value is -0.610. The Morgan fingerprint density at radius 2 is 1.83 bits per heavy atom. The topological polar surface area (TPSA) is 66.8 Å². The first-order valence-corrected chi connectivity index (χ1v) is 12.1. The van der Waals surface area contributed by atoms with Gasteiger partial charge in [-0.2, -0.15) is 0 Å². The molecule has 4 aliphatic rings. The third-order valence-corrected chi connectivity index (χ3v) is 10.5. The molecular weight excluding hydrogens is 364 g/mol. The summed E-state index contributed by atoms with van der Waals surface area (Å²) >= 11 is 0. The lowest BCUT2D eigenvalue weighted by molar-refractivity contribution is -0.175. The van der Waals surface area contributed by atoms with Gasteiger partial charge in [0.2, 0.25) is 0 Å². The number of carbonyl (C=O) groups is 1. The molecule has 10 atom stereocenters. The quantitative estimate of drug-likeness (QED) is 0.671. The molecule has 4 rings (SSSR count). The number of hydrogen-bond acceptors (Lipinski definition) is 4. The van der Waals surface area contributed by atoms with E-state index < -0.39 is 0 Å². The first kappa shape index (κ1) is 21.6. The van der Waals surface area contributed by atoms with Gasteiger partial charge in [-0.05, 0) is 104 Å². The molecule has 4 saturated carbocycles. The summed E-state index contributed by atoms with van der Waals surface area (Å²) in [5.74, 6) is 3.36. The number of carbonyl (C=O) groups excluding carboxylic acids is 1. The molecule has 0 saturated heterocycles. The third-order valence-electron chi connectivity index (χ3n) is 10.5. The van der Waals surface area contributed by atoms with E-state index in [1.54, 1.807) is 0 Å². The molecule has 0 spiro atoms. The highest BCUT2D eigenvalue weighted by Crippen LogP contribution is 2.68. The molecule has 0 aromatic carbocycles. The van der Waals surface area contributed by atoms with Crippen LogP contribution in [0.25, 0.3) is 0 Å². The number of hydrogen-bond donors (Lipinski definition) is 2. The normalized spacial score (nSPS) is 50.2. The smallest absolute Gasteiger partial charge is 0.305 e. The average molecular weight is 407 g/mol. The van der Waals surface area contributed by atoms with Crippen LogP contribution in [0.3, 0.4) is 0 Å². The minimum atomic E-state index is -0.246. The lowest BCUT2D eigenvalue weighted by Gasteiger charge is -2.62. The lowest BCUT2D eigenvalue weighted by Crippen LogP contribution is -2.58. The maximum absolute atomic E-state index is 11.6. The molecule has 4 aliphatic carbocycles. The molecule has 0 heterocycles. The van der Waals surface area contributed by atoms with Gasteiger partial charge in [-0.3, -0.25) is 4.79 Å². The minimum Gasteiger partial charge on any atom is -0.469 e. The van der Waals surface area contributed by atoms with Gasteiger partial charge >= 0.3 is 5.97 Å². The van der Waals surface area contributed by atoms with E-state index in [9.17, 15) is 15.0 Å². The second-order valence-corrected chi connectivity index (χ2v) is 11.5. The maximum Gasteiger partial charge on any atom is 0.305 e. The molecule has 2 N–H and O–H groups in total. The molecule has 0 amide bonds. The molecule has 29 heavy (non-hydrogen) atoms. The van der Waals surface area contributed by atoms with Crippen molar-refractivity contribution in [3.8, 4) is 0 Å². The fraction of sp³-hybridized carbons (Fsp3) is 0.960. The van der Waals surface area contributed by atoms with Crippen LogP contribution < -0.4 is 0 Å². The Labute approximate surface area is 176 Å². The van der Waals surface area contributed by atoms with Crippen molar-refractivity contribution in [1.82, 2.24) is 0 Å². The van der Waals surface area contributed by atoms with Crippen LogP contribution in [0.2, 0.25) is 0 Å². The molecule has 6 unspecified atom stereocenters. The van der Waals surface area contributed by atoms with Crippen molar-refractivity contribution in [2.75, 3.05) is 7.11 Å². The van der Waals surface area contributed by atoms with Gasteiger partial charge in [-0.1, -0.05) is 20.8 Å². The van der Waals surface area contributed by atoms with Crippen LogP contribution in [0, 0.1) is 46.3 Å². The van der Waals surface area contributed by atoms with E-state index in [0.29, 0.717) is 41.4 Å². The molecule has 0 aliphatic heterocycles. The summed E-state index contributed by atoms with van der Waals surface area (Å²) in [4.78, 5) is 11.6. The Morgan fingerprint density at radius 3 is 2.55 bits per heavy atom. The van der Waals surface area contributed by atoms with Crippen molar-refractivity contribution in [3.63, 3.8) is 0 Å². The first-order valence-electron chi connectivity index (χ1n) is 12.1. The van der Waals surface area contributed by atoms with Crippen molar-refractivity contribution in [2.45, 2.75) is 97.2 Å². The molecule has 0 bridgehead atoms. The van der Waals surface area contributed by atoms with Gasteiger partial charge < -0.3 is 14.9 Å². The zero-order chi connectivity index (χ0) is 21.0. The molecule has 166 valence electrons. The van der Waals surface area contributed by atoms with Crippen LogP contribution in [0.5, 0.6) is 0 Å². The Morgan fingerprint density at radius 1 is 1.07 bits per heavy atom. The van der Waals surface area contributed by atoms with Crippen molar-refractivity contribution >= 4 is 5.97 Å². The molecule has 0 radical (unpaired) electrons. The van der Waals surface area contributed by atoms with Crippen LogP contribution in [-0.2, 0) is 9.53 Å². The summed E-state index contributed by atoms with van der Waals surface area (Å²) in [6.07, 6.45) is 9.86. The largest absolute Gasteiger partial charge is 0.469 e. The first-order chi connectivity index (χ1) is 13.7. The number of fused-ring (bicyclic) bond motifs is 5. The summed E-state index contributed by atoms with van der Waals surface area (Å²) in [6.45, 7) is 7.12. The second-order valence-electron chi connectivity index (χ2n) is 11.5. The van der Waals surface area contributed by atoms with Crippen LogP contribution in [0.15, 0.2) is 0 Å². The number of esters is 1. The zero-order valence-electron chi connectivity index (χ0n) is 18.9. The maximum atomic E-state index is 11.6. The summed E-state index contributed by atoms with van der Waals surface area (Å²) in [5, 5.41) is 21.8. The number of rotatable bonds is 4. The van der Waals surface area contributed by atoms with E-state index in [1.807, 2.05) is 0 Å². The molecule has 4 fully saturated rings. The number of methoxy groups -OCH3 is 1. The van der Waals surface area contributed by atoms with E-state index in [1.165, 1.54) is 32.8 Å². The monoisotopic (exact) mass is 406 g/mol. The second kappa shape index (κ2) is 7.82. The summed E-state index contributed by atoms with van der Waals surface area (Å²) < 4.78 is 4.85. The predicted octanol–water partition coefficient (Wildman–Crippen LogP) is 4.57. The number of aliphatic hydroxyl groups excluding tert-OH is 2. The van der Waals surface area contributed by atoms with Crippen LogP contribution in [-0.4, -0.2) is 35.5 Å². The van der Waals surface area contributed by atoms with E-state index in [0.717, 1.165) is 38.0 Å². The fourth-order valence-electron chi connectivity index (χ4n) is 8.81. The van der Waals surface area contributed by atoms with Crippen molar-refractivity contribution in [3.05, 3.63) is 0 Å². The van der Waals surface area contributed by atoms with Gasteiger partial charge in [-0.15, -0.1) is 0 Å². The van der Waals surface area contributed by atoms with Gasteiger partial charge in [0.05, 0.1) is 19.3 Å². The predicted molar refractivity (Wildman–Crippen MR) is 113 cm³/mol. The van der Waals surface area contributed by atoms with Crippen LogP contribution >= 0.6 is 0 Å². The SMILES string of the molecule is COC(=O)CC[C@@H](C)C1CC[C@H]2C3CCC4C[C@H](O)CCC4(C)[C@H]3CC(O)C12C. The van der Waals surface area contributed by atoms with Gasteiger partial charge in [-0.25, -0.2) is 0 Å². The van der Waals surface area contributed by atoms with Crippen molar-refractivity contribution < 1.29 is 19.7 Å². The molecule has 4 nitrogen and oxygen atoms in total. The standard InChI is InChI=1S/C25H42O4/c1-15(5-10-23(28)29-4)19-8-9-20-18-7-6-16-13-17(26)11-12-24(16,2)21(18)14-22(27)25(19,20)3/h15-22,26-27H,5-14H2,1-4H3/t15-,16?,17-,18?,19?,20+,21+,22?,24?,25?/m1/s1. The van der Waals surface area contributed by atoms with Crippen molar-refractivity contribution in [1.29, 1.82) is 0 Å². The molecular formula is C25H42O4. The Kier molecular flexibility index (Phi) is 5.83. The summed E-state index contributed by atoms with van der Waals surface area (Å²) in [6, 6.07) is 0. The van der Waals surface area contributed by atoms with Gasteiger partial charge in [0.25, 0.3) is 0 Å². The number of aliphatic hydroxyl groups is 2.